The van der Waals surface area contributed by atoms with E-state index in [1.54, 1.807) is 29.7 Å². The van der Waals surface area contributed by atoms with E-state index in [-0.39, 0.29) is 11.8 Å². The summed E-state index contributed by atoms with van der Waals surface area (Å²) < 4.78 is 0. The average Bonchev–Trinajstić information content (AvgIpc) is 2.67. The summed E-state index contributed by atoms with van der Waals surface area (Å²) in [6.45, 7) is 4.46. The molecule has 0 fully saturated rings. The first-order valence-corrected chi connectivity index (χ1v) is 10.4. The number of likely N-dealkylation sites (N-methyl/N-ethyl adjacent to an activating group) is 1. The molecular formula is C21H25ClN2O2S. The zero-order valence-corrected chi connectivity index (χ0v) is 17.2. The molecule has 0 heterocycles. The smallest absolute Gasteiger partial charge is 0.242 e. The minimum absolute atomic E-state index is 0.0582. The normalized spacial score (nSPS) is 11.7. The van der Waals surface area contributed by atoms with Crippen molar-refractivity contribution in [2.75, 3.05) is 12.3 Å². The van der Waals surface area contributed by atoms with Crippen molar-refractivity contribution in [1.82, 2.24) is 10.2 Å². The molecule has 0 saturated carbocycles. The average molecular weight is 405 g/mol. The second kappa shape index (κ2) is 11.0. The van der Waals surface area contributed by atoms with Crippen molar-refractivity contribution in [2.24, 2.45) is 0 Å². The van der Waals surface area contributed by atoms with Crippen molar-refractivity contribution in [3.05, 3.63) is 65.2 Å². The molecule has 6 heteroatoms. The van der Waals surface area contributed by atoms with Crippen LogP contribution in [0, 0.1) is 0 Å². The van der Waals surface area contributed by atoms with E-state index in [0.717, 1.165) is 10.5 Å². The highest BCUT2D eigenvalue weighted by atomic mass is 35.5. The summed E-state index contributed by atoms with van der Waals surface area (Å²) in [5.41, 5.74) is 0.833. The van der Waals surface area contributed by atoms with Crippen molar-refractivity contribution in [1.29, 1.82) is 0 Å². The zero-order chi connectivity index (χ0) is 19.6. The number of amides is 2. The van der Waals surface area contributed by atoms with Gasteiger partial charge in [-0.3, -0.25) is 9.59 Å². The maximum atomic E-state index is 12.9. The molecule has 2 aromatic rings. The monoisotopic (exact) mass is 404 g/mol. The lowest BCUT2D eigenvalue weighted by molar-refractivity contribution is -0.140. The summed E-state index contributed by atoms with van der Waals surface area (Å²) in [5, 5.41) is 3.39. The van der Waals surface area contributed by atoms with E-state index in [9.17, 15) is 9.59 Å². The Bertz CT molecular complexity index is 755. The lowest BCUT2D eigenvalue weighted by atomic mass is 10.1. The van der Waals surface area contributed by atoms with Crippen LogP contribution in [0.15, 0.2) is 59.5 Å². The number of rotatable bonds is 9. The van der Waals surface area contributed by atoms with Crippen LogP contribution in [0.3, 0.4) is 0 Å². The summed E-state index contributed by atoms with van der Waals surface area (Å²) in [5.74, 6) is 0.440. The molecule has 0 bridgehead atoms. The summed E-state index contributed by atoms with van der Waals surface area (Å²) in [6.07, 6.45) is 0.355. The first-order valence-electron chi connectivity index (χ1n) is 9.01. The van der Waals surface area contributed by atoms with E-state index in [1.165, 1.54) is 0 Å². The van der Waals surface area contributed by atoms with Gasteiger partial charge in [-0.1, -0.05) is 48.0 Å². The van der Waals surface area contributed by atoms with E-state index >= 15 is 0 Å². The fraction of sp³-hybridized carbons (Fsp3) is 0.333. The molecule has 0 aliphatic heterocycles. The Balaban J connectivity index is 2.06. The molecular weight excluding hydrogens is 380 g/mol. The third-order valence-corrected chi connectivity index (χ3v) is 5.53. The van der Waals surface area contributed by atoms with Gasteiger partial charge in [-0.15, -0.1) is 11.8 Å². The highest BCUT2D eigenvalue weighted by Gasteiger charge is 2.26. The molecule has 0 aromatic heterocycles. The lowest BCUT2D eigenvalue weighted by Crippen LogP contribution is -2.47. The van der Waals surface area contributed by atoms with Gasteiger partial charge < -0.3 is 10.2 Å². The van der Waals surface area contributed by atoms with Crippen LogP contribution >= 0.6 is 23.4 Å². The first kappa shape index (κ1) is 21.3. The van der Waals surface area contributed by atoms with Gasteiger partial charge >= 0.3 is 0 Å². The Kier molecular flexibility index (Phi) is 8.69. The van der Waals surface area contributed by atoms with Crippen molar-refractivity contribution >= 4 is 35.2 Å². The SMILES string of the molecule is CCNC(=O)[C@@H](C)N(Cc1ccccc1Cl)C(=O)CCSc1ccccc1. The van der Waals surface area contributed by atoms with Gasteiger partial charge in [0.15, 0.2) is 0 Å². The third kappa shape index (κ3) is 6.60. The van der Waals surface area contributed by atoms with E-state index in [0.29, 0.717) is 30.3 Å². The van der Waals surface area contributed by atoms with E-state index < -0.39 is 6.04 Å². The molecule has 0 aliphatic rings. The molecule has 0 spiro atoms. The molecule has 2 aromatic carbocycles. The van der Waals surface area contributed by atoms with Crippen LogP contribution in [0.25, 0.3) is 0 Å². The molecule has 144 valence electrons. The van der Waals surface area contributed by atoms with Crippen molar-refractivity contribution in [3.63, 3.8) is 0 Å². The molecule has 0 saturated heterocycles. The highest BCUT2D eigenvalue weighted by molar-refractivity contribution is 7.99. The van der Waals surface area contributed by atoms with Crippen molar-refractivity contribution in [2.45, 2.75) is 37.8 Å². The number of nitrogens with zero attached hydrogens (tertiary/aromatic N) is 1. The lowest BCUT2D eigenvalue weighted by Gasteiger charge is -2.29. The zero-order valence-electron chi connectivity index (χ0n) is 15.7. The fourth-order valence-electron chi connectivity index (χ4n) is 2.63. The summed E-state index contributed by atoms with van der Waals surface area (Å²) >= 11 is 7.89. The van der Waals surface area contributed by atoms with Crippen LogP contribution in [0.5, 0.6) is 0 Å². The second-order valence-corrected chi connectivity index (χ2v) is 7.67. The van der Waals surface area contributed by atoms with Gasteiger partial charge in [-0.25, -0.2) is 0 Å². The number of hydrogen-bond acceptors (Lipinski definition) is 3. The van der Waals surface area contributed by atoms with Crippen LogP contribution in [0.2, 0.25) is 5.02 Å². The number of carbonyl (C=O) groups excluding carboxylic acids is 2. The predicted molar refractivity (Wildman–Crippen MR) is 112 cm³/mol. The van der Waals surface area contributed by atoms with Crippen molar-refractivity contribution < 1.29 is 9.59 Å². The van der Waals surface area contributed by atoms with Gasteiger partial charge in [0.25, 0.3) is 0 Å². The number of benzene rings is 2. The number of nitrogens with one attached hydrogen (secondary N) is 1. The van der Waals surface area contributed by atoms with Gasteiger partial charge in [-0.2, -0.15) is 0 Å². The molecule has 2 rings (SSSR count). The molecule has 2 amide bonds. The van der Waals surface area contributed by atoms with Crippen LogP contribution in [0.4, 0.5) is 0 Å². The van der Waals surface area contributed by atoms with E-state index in [1.807, 2.05) is 55.5 Å². The topological polar surface area (TPSA) is 49.4 Å². The summed E-state index contributed by atoms with van der Waals surface area (Å²) in [6, 6.07) is 16.8. The van der Waals surface area contributed by atoms with E-state index in [2.05, 4.69) is 5.32 Å². The highest BCUT2D eigenvalue weighted by Crippen LogP contribution is 2.21. The number of thioether (sulfide) groups is 1. The number of hydrogen-bond donors (Lipinski definition) is 1. The molecule has 0 unspecified atom stereocenters. The first-order chi connectivity index (χ1) is 13.0. The maximum Gasteiger partial charge on any atom is 0.242 e. The van der Waals surface area contributed by atoms with Crippen LogP contribution in [-0.2, 0) is 16.1 Å². The van der Waals surface area contributed by atoms with Gasteiger partial charge in [0.2, 0.25) is 11.8 Å². The molecule has 0 aliphatic carbocycles. The summed E-state index contributed by atoms with van der Waals surface area (Å²) in [4.78, 5) is 27.9. The molecule has 1 atom stereocenters. The largest absolute Gasteiger partial charge is 0.355 e. The minimum Gasteiger partial charge on any atom is -0.355 e. The quantitative estimate of drug-likeness (QED) is 0.631. The maximum absolute atomic E-state index is 12.9. The molecule has 27 heavy (non-hydrogen) atoms. The minimum atomic E-state index is -0.560. The van der Waals surface area contributed by atoms with Crippen LogP contribution in [0.1, 0.15) is 25.8 Å². The predicted octanol–water partition coefficient (Wildman–Crippen LogP) is 4.38. The third-order valence-electron chi connectivity index (χ3n) is 4.14. The molecule has 4 nitrogen and oxygen atoms in total. The van der Waals surface area contributed by atoms with Crippen molar-refractivity contribution in [3.8, 4) is 0 Å². The van der Waals surface area contributed by atoms with Crippen LogP contribution < -0.4 is 5.32 Å². The fourth-order valence-corrected chi connectivity index (χ4v) is 3.69. The Labute approximate surface area is 170 Å². The van der Waals surface area contributed by atoms with Gasteiger partial charge in [-0.05, 0) is 37.6 Å². The summed E-state index contributed by atoms with van der Waals surface area (Å²) in [7, 11) is 0. The van der Waals surface area contributed by atoms with Gasteiger partial charge in [0, 0.05) is 35.2 Å². The van der Waals surface area contributed by atoms with Gasteiger partial charge in [0.1, 0.15) is 6.04 Å². The van der Waals surface area contributed by atoms with E-state index in [4.69, 9.17) is 11.6 Å². The molecule has 0 radical (unpaired) electrons. The van der Waals surface area contributed by atoms with Gasteiger partial charge in [0.05, 0.1) is 0 Å². The second-order valence-electron chi connectivity index (χ2n) is 6.10. The molecule has 1 N–H and O–H groups in total. The Morgan fingerprint density at radius 3 is 2.44 bits per heavy atom. The Morgan fingerprint density at radius 1 is 1.11 bits per heavy atom. The standard InChI is InChI=1S/C21H25ClN2O2S/c1-3-23-21(26)16(2)24(15-17-9-7-8-12-19(17)22)20(25)13-14-27-18-10-5-4-6-11-18/h4-12,16H,3,13-15H2,1-2H3,(H,23,26)/t16-/m1/s1. The van der Waals surface area contributed by atoms with Crippen LogP contribution in [-0.4, -0.2) is 35.1 Å². The number of halogens is 1. The Morgan fingerprint density at radius 2 is 1.78 bits per heavy atom. The number of carbonyl (C=O) groups is 2. The Hall–Kier alpha value is -1.98.